The molecular weight excluding hydrogens is 424 g/mol. The number of sulfonamides is 1. The molecule has 0 unspecified atom stereocenters. The van der Waals surface area contributed by atoms with Crippen molar-refractivity contribution in [3.63, 3.8) is 0 Å². The number of anilines is 2. The Morgan fingerprint density at radius 2 is 1.80 bits per heavy atom. The summed E-state index contributed by atoms with van der Waals surface area (Å²) in [5.41, 5.74) is 2.01. The van der Waals surface area contributed by atoms with Crippen LogP contribution in [0.4, 0.5) is 11.4 Å². The summed E-state index contributed by atoms with van der Waals surface area (Å²) in [7, 11) is -0.0676. The number of likely N-dealkylation sites (N-methyl/N-ethyl adjacent to an activating group) is 1. The fourth-order valence-corrected chi connectivity index (χ4v) is 4.54. The number of rotatable bonds is 5. The molecule has 1 aliphatic heterocycles. The first-order valence-electron chi connectivity index (χ1n) is 9.45. The summed E-state index contributed by atoms with van der Waals surface area (Å²) < 4.78 is 34.2. The van der Waals surface area contributed by atoms with Crippen molar-refractivity contribution < 1.29 is 13.2 Å². The molecule has 7 nitrogen and oxygen atoms in total. The minimum absolute atomic E-state index is 0. The molecule has 0 atom stereocenters. The van der Waals surface area contributed by atoms with Gasteiger partial charge >= 0.3 is 0 Å². The molecular formula is C21H25ClN4O3S. The van der Waals surface area contributed by atoms with E-state index in [0.717, 1.165) is 42.8 Å². The van der Waals surface area contributed by atoms with Gasteiger partial charge in [-0.15, -0.1) is 12.4 Å². The molecule has 1 N–H and O–H groups in total. The lowest BCUT2D eigenvalue weighted by molar-refractivity contribution is 0.311. The van der Waals surface area contributed by atoms with Crippen molar-refractivity contribution in [2.75, 3.05) is 50.0 Å². The van der Waals surface area contributed by atoms with E-state index in [1.807, 2.05) is 18.2 Å². The molecule has 3 aromatic rings. The van der Waals surface area contributed by atoms with E-state index in [2.05, 4.69) is 26.6 Å². The smallest absolute Gasteiger partial charge is 0.261 e. The average Bonchev–Trinajstić information content (AvgIpc) is 2.73. The van der Waals surface area contributed by atoms with E-state index in [4.69, 9.17) is 4.74 Å². The van der Waals surface area contributed by atoms with E-state index >= 15 is 0 Å². The van der Waals surface area contributed by atoms with Gasteiger partial charge in [0.05, 0.1) is 28.9 Å². The molecule has 0 spiro atoms. The van der Waals surface area contributed by atoms with Crippen LogP contribution < -0.4 is 14.4 Å². The Labute approximate surface area is 183 Å². The van der Waals surface area contributed by atoms with Crippen molar-refractivity contribution in [1.82, 2.24) is 9.88 Å². The number of nitrogens with zero attached hydrogens (tertiary/aromatic N) is 3. The minimum Gasteiger partial charge on any atom is -0.495 e. The van der Waals surface area contributed by atoms with E-state index < -0.39 is 10.0 Å². The van der Waals surface area contributed by atoms with Crippen LogP contribution in [0.3, 0.4) is 0 Å². The molecule has 0 amide bonds. The summed E-state index contributed by atoms with van der Waals surface area (Å²) in [4.78, 5) is 8.90. The summed E-state index contributed by atoms with van der Waals surface area (Å²) in [6.45, 7) is 3.48. The van der Waals surface area contributed by atoms with E-state index in [0.29, 0.717) is 11.4 Å². The van der Waals surface area contributed by atoms with E-state index in [1.165, 1.54) is 0 Å². The topological polar surface area (TPSA) is 74.8 Å². The lowest BCUT2D eigenvalue weighted by atomic mass is 10.2. The van der Waals surface area contributed by atoms with Gasteiger partial charge in [0.25, 0.3) is 10.0 Å². The molecule has 0 bridgehead atoms. The van der Waals surface area contributed by atoms with Gasteiger partial charge in [-0.3, -0.25) is 9.71 Å². The Hall–Kier alpha value is -2.55. The molecule has 0 aliphatic carbocycles. The maximum atomic E-state index is 13.0. The highest BCUT2D eigenvalue weighted by atomic mass is 35.5. The predicted octanol–water partition coefficient (Wildman–Crippen LogP) is 3.22. The molecule has 2 heterocycles. The molecule has 1 aromatic heterocycles. The zero-order chi connectivity index (χ0) is 20.4. The molecule has 1 saturated heterocycles. The number of benzene rings is 2. The van der Waals surface area contributed by atoms with Gasteiger partial charge in [0.2, 0.25) is 0 Å². The van der Waals surface area contributed by atoms with Gasteiger partial charge in [-0.05, 0) is 43.4 Å². The summed E-state index contributed by atoms with van der Waals surface area (Å²) >= 11 is 0. The van der Waals surface area contributed by atoms with Crippen molar-refractivity contribution >= 4 is 44.7 Å². The van der Waals surface area contributed by atoms with Gasteiger partial charge in [-0.25, -0.2) is 8.42 Å². The normalized spacial score (nSPS) is 14.9. The third-order valence-corrected chi connectivity index (χ3v) is 6.54. The van der Waals surface area contributed by atoms with Crippen LogP contribution in [-0.4, -0.2) is 58.6 Å². The molecule has 4 rings (SSSR count). The molecule has 2 aromatic carbocycles. The second-order valence-corrected chi connectivity index (χ2v) is 8.82. The van der Waals surface area contributed by atoms with Crippen LogP contribution in [-0.2, 0) is 10.0 Å². The third-order valence-electron chi connectivity index (χ3n) is 5.16. The summed E-state index contributed by atoms with van der Waals surface area (Å²) in [5.74, 6) is 0.670. The highest BCUT2D eigenvalue weighted by molar-refractivity contribution is 7.92. The zero-order valence-corrected chi connectivity index (χ0v) is 18.5. The third kappa shape index (κ3) is 4.61. The number of methoxy groups -OCH3 is 1. The first kappa shape index (κ1) is 22.1. The Kier molecular flexibility index (Phi) is 6.70. The van der Waals surface area contributed by atoms with Crippen LogP contribution in [0.2, 0.25) is 0 Å². The van der Waals surface area contributed by atoms with Gasteiger partial charge in [-0.2, -0.15) is 0 Å². The number of nitrogens with one attached hydrogen (secondary N) is 1. The maximum absolute atomic E-state index is 13.0. The molecule has 0 radical (unpaired) electrons. The fourth-order valence-electron chi connectivity index (χ4n) is 3.48. The fraction of sp³-hybridized carbons (Fsp3) is 0.286. The molecule has 30 heavy (non-hydrogen) atoms. The highest BCUT2D eigenvalue weighted by Crippen LogP contribution is 2.32. The highest BCUT2D eigenvalue weighted by Gasteiger charge is 2.22. The van der Waals surface area contributed by atoms with E-state index in [1.54, 1.807) is 43.6 Å². The average molecular weight is 449 g/mol. The number of hydrogen-bond donors (Lipinski definition) is 1. The van der Waals surface area contributed by atoms with Crippen molar-refractivity contribution in [3.05, 3.63) is 54.7 Å². The Bertz CT molecular complexity index is 1130. The lowest BCUT2D eigenvalue weighted by Crippen LogP contribution is -2.44. The van der Waals surface area contributed by atoms with E-state index in [9.17, 15) is 8.42 Å². The number of pyridine rings is 1. The summed E-state index contributed by atoms with van der Waals surface area (Å²) in [6.07, 6.45) is 1.69. The number of hydrogen-bond acceptors (Lipinski definition) is 6. The largest absolute Gasteiger partial charge is 0.495 e. The van der Waals surface area contributed by atoms with Crippen LogP contribution in [0.25, 0.3) is 10.9 Å². The maximum Gasteiger partial charge on any atom is 0.261 e. The number of halogens is 1. The Morgan fingerprint density at radius 1 is 1.03 bits per heavy atom. The van der Waals surface area contributed by atoms with Crippen molar-refractivity contribution in [2.45, 2.75) is 4.90 Å². The molecule has 9 heteroatoms. The van der Waals surface area contributed by atoms with Crippen LogP contribution >= 0.6 is 12.4 Å². The molecule has 1 fully saturated rings. The van der Waals surface area contributed by atoms with Crippen LogP contribution in [0, 0.1) is 0 Å². The molecule has 0 saturated carbocycles. The molecule has 160 valence electrons. The van der Waals surface area contributed by atoms with Gasteiger partial charge < -0.3 is 14.5 Å². The summed E-state index contributed by atoms with van der Waals surface area (Å²) in [6, 6.07) is 14.1. The molecule has 1 aliphatic rings. The van der Waals surface area contributed by atoms with Crippen molar-refractivity contribution in [1.29, 1.82) is 0 Å². The van der Waals surface area contributed by atoms with Gasteiger partial charge in [0.15, 0.2) is 0 Å². The number of ether oxygens (including phenoxy) is 1. The van der Waals surface area contributed by atoms with Gasteiger partial charge in [0.1, 0.15) is 5.75 Å². The van der Waals surface area contributed by atoms with Crippen molar-refractivity contribution in [2.24, 2.45) is 0 Å². The van der Waals surface area contributed by atoms with Gasteiger partial charge in [-0.1, -0.05) is 12.1 Å². The van der Waals surface area contributed by atoms with Crippen LogP contribution in [0.5, 0.6) is 5.75 Å². The van der Waals surface area contributed by atoms with Crippen LogP contribution in [0.1, 0.15) is 0 Å². The number of aromatic nitrogens is 1. The zero-order valence-electron chi connectivity index (χ0n) is 16.9. The standard InChI is InChI=1S/C21H24N4O3S.ClH/c1-24-10-12-25(13-11-24)20-15-18(7-8-21(20)28-2)29(26,27)23-17-6-5-16-4-3-9-22-19(16)14-17;/h3-9,14-15,23H,10-13H2,1-2H3;1H. The van der Waals surface area contributed by atoms with Gasteiger partial charge in [0, 0.05) is 37.8 Å². The number of fused-ring (bicyclic) bond motifs is 1. The van der Waals surface area contributed by atoms with Crippen molar-refractivity contribution in [3.8, 4) is 5.75 Å². The second-order valence-electron chi connectivity index (χ2n) is 7.14. The first-order valence-corrected chi connectivity index (χ1v) is 10.9. The van der Waals surface area contributed by atoms with E-state index in [-0.39, 0.29) is 17.3 Å². The number of piperazine rings is 1. The SMILES string of the molecule is COc1ccc(S(=O)(=O)Nc2ccc3cccnc3c2)cc1N1CCN(C)CC1.Cl. The summed E-state index contributed by atoms with van der Waals surface area (Å²) in [5, 5.41) is 0.956. The quantitative estimate of drug-likeness (QED) is 0.646. The lowest BCUT2D eigenvalue weighted by Gasteiger charge is -2.34. The van der Waals surface area contributed by atoms with Crippen LogP contribution in [0.15, 0.2) is 59.6 Å². The predicted molar refractivity (Wildman–Crippen MR) is 123 cm³/mol. The minimum atomic E-state index is -3.75. The first-order chi connectivity index (χ1) is 14.0. The second kappa shape index (κ2) is 9.07. The Morgan fingerprint density at radius 3 is 2.53 bits per heavy atom. The monoisotopic (exact) mass is 448 g/mol. The Balaban J connectivity index is 0.00000256.